The average molecular weight is 485 g/mol. The average Bonchev–Trinajstić information content (AvgIpc) is 3.13. The first-order chi connectivity index (χ1) is 17.4. The number of aliphatic hydroxyl groups is 1. The largest absolute Gasteiger partial charge is 0.507 e. The standard InChI is InChI=1S/C29H28N2O5/c1-4-15-36-23-13-12-22(16-24(23)35-5-2)26-25(27(32)21-10-8-19(3)9-11-21)28(33)29(34)31(26)18-20-7-6-14-30-17-20/h4,6-14,16-17,26,32H,1,5,15,18H2,2-3H3/b27-25+. The molecule has 0 saturated carbocycles. The van der Waals surface area contributed by atoms with E-state index in [1.54, 1.807) is 54.9 Å². The van der Waals surface area contributed by atoms with Gasteiger partial charge in [0.1, 0.15) is 12.4 Å². The molecule has 1 saturated heterocycles. The Morgan fingerprint density at radius 2 is 1.89 bits per heavy atom. The molecule has 0 aliphatic carbocycles. The minimum atomic E-state index is -0.834. The Morgan fingerprint density at radius 3 is 2.56 bits per heavy atom. The molecule has 1 amide bonds. The predicted octanol–water partition coefficient (Wildman–Crippen LogP) is 4.98. The Kier molecular flexibility index (Phi) is 7.49. The molecule has 1 aliphatic rings. The monoisotopic (exact) mass is 484 g/mol. The number of likely N-dealkylation sites (tertiary alicyclic amines) is 1. The van der Waals surface area contributed by atoms with Gasteiger partial charge < -0.3 is 19.5 Å². The molecule has 7 nitrogen and oxygen atoms in total. The summed E-state index contributed by atoms with van der Waals surface area (Å²) >= 11 is 0. The third-order valence-electron chi connectivity index (χ3n) is 5.88. The van der Waals surface area contributed by atoms with E-state index in [4.69, 9.17) is 9.47 Å². The van der Waals surface area contributed by atoms with Crippen LogP contribution in [0.15, 0.2) is 85.2 Å². The highest BCUT2D eigenvalue weighted by atomic mass is 16.5. The van der Waals surface area contributed by atoms with Crippen LogP contribution in [0, 0.1) is 6.92 Å². The molecule has 0 radical (unpaired) electrons. The summed E-state index contributed by atoms with van der Waals surface area (Å²) in [5.41, 5.74) is 2.87. The van der Waals surface area contributed by atoms with Crippen LogP contribution in [0.5, 0.6) is 11.5 Å². The Hall–Kier alpha value is -4.39. The van der Waals surface area contributed by atoms with Crippen LogP contribution in [0.1, 0.15) is 35.2 Å². The van der Waals surface area contributed by atoms with Crippen molar-refractivity contribution >= 4 is 17.4 Å². The van der Waals surface area contributed by atoms with Gasteiger partial charge in [0.25, 0.3) is 11.7 Å². The van der Waals surface area contributed by atoms with Crippen molar-refractivity contribution in [2.24, 2.45) is 0 Å². The molecule has 1 unspecified atom stereocenters. The van der Waals surface area contributed by atoms with E-state index in [1.807, 2.05) is 32.0 Å². The number of hydrogen-bond acceptors (Lipinski definition) is 6. The van der Waals surface area contributed by atoms with Gasteiger partial charge in [0.05, 0.1) is 18.2 Å². The van der Waals surface area contributed by atoms with E-state index in [2.05, 4.69) is 11.6 Å². The number of aliphatic hydroxyl groups excluding tert-OH is 1. The Bertz CT molecular complexity index is 1300. The number of hydrogen-bond donors (Lipinski definition) is 1. The lowest BCUT2D eigenvalue weighted by Crippen LogP contribution is -2.29. The summed E-state index contributed by atoms with van der Waals surface area (Å²) < 4.78 is 11.5. The van der Waals surface area contributed by atoms with Crippen molar-refractivity contribution in [3.8, 4) is 11.5 Å². The molecule has 2 heterocycles. The number of aromatic nitrogens is 1. The van der Waals surface area contributed by atoms with E-state index in [0.29, 0.717) is 35.8 Å². The second kappa shape index (κ2) is 10.9. The molecule has 1 aliphatic heterocycles. The lowest BCUT2D eigenvalue weighted by Gasteiger charge is -2.26. The first-order valence-corrected chi connectivity index (χ1v) is 11.7. The molecule has 36 heavy (non-hydrogen) atoms. The molecule has 184 valence electrons. The molecule has 3 aromatic rings. The molecule has 1 aromatic heterocycles. The highest BCUT2D eigenvalue weighted by Gasteiger charge is 2.46. The summed E-state index contributed by atoms with van der Waals surface area (Å²) in [6, 6.07) is 15.2. The molecule has 1 N–H and O–H groups in total. The van der Waals surface area contributed by atoms with E-state index in [-0.39, 0.29) is 17.9 Å². The third kappa shape index (κ3) is 5.00. The quantitative estimate of drug-likeness (QED) is 0.200. The molecule has 7 heteroatoms. The summed E-state index contributed by atoms with van der Waals surface area (Å²) in [6.07, 6.45) is 4.92. The van der Waals surface area contributed by atoms with Crippen molar-refractivity contribution in [2.45, 2.75) is 26.4 Å². The van der Waals surface area contributed by atoms with Gasteiger partial charge in [-0.2, -0.15) is 0 Å². The second-order valence-electron chi connectivity index (χ2n) is 8.39. The number of carbonyl (C=O) groups is 2. The van der Waals surface area contributed by atoms with E-state index in [0.717, 1.165) is 11.1 Å². The molecule has 0 spiro atoms. The van der Waals surface area contributed by atoms with Crippen LogP contribution < -0.4 is 9.47 Å². The van der Waals surface area contributed by atoms with Gasteiger partial charge in [-0.15, -0.1) is 0 Å². The van der Waals surface area contributed by atoms with Crippen molar-refractivity contribution in [1.82, 2.24) is 9.88 Å². The topological polar surface area (TPSA) is 89.0 Å². The normalized spacial score (nSPS) is 16.7. The fraction of sp³-hybridized carbons (Fsp3) is 0.207. The number of nitrogens with zero attached hydrogens (tertiary/aromatic N) is 2. The molecule has 4 rings (SSSR count). The zero-order valence-corrected chi connectivity index (χ0v) is 20.3. The number of aryl methyl sites for hydroxylation is 1. The fourth-order valence-electron chi connectivity index (χ4n) is 4.18. The maximum absolute atomic E-state index is 13.3. The highest BCUT2D eigenvalue weighted by Crippen LogP contribution is 2.42. The van der Waals surface area contributed by atoms with Crippen molar-refractivity contribution in [2.75, 3.05) is 13.2 Å². The Balaban J connectivity index is 1.87. The van der Waals surface area contributed by atoms with Gasteiger partial charge in [-0.25, -0.2) is 0 Å². The summed E-state index contributed by atoms with van der Waals surface area (Å²) in [5, 5.41) is 11.3. The molecule has 1 fully saturated rings. The van der Waals surface area contributed by atoms with Crippen LogP contribution in [0.3, 0.4) is 0 Å². The first-order valence-electron chi connectivity index (χ1n) is 11.7. The van der Waals surface area contributed by atoms with E-state index in [9.17, 15) is 14.7 Å². The number of ketones is 1. The molecular weight excluding hydrogens is 456 g/mol. The lowest BCUT2D eigenvalue weighted by molar-refractivity contribution is -0.140. The second-order valence-corrected chi connectivity index (χ2v) is 8.39. The first kappa shape index (κ1) is 24.7. The van der Waals surface area contributed by atoms with Crippen molar-refractivity contribution < 1.29 is 24.2 Å². The van der Waals surface area contributed by atoms with Gasteiger partial charge in [0.15, 0.2) is 11.5 Å². The number of rotatable bonds is 9. The number of ether oxygens (including phenoxy) is 2. The number of pyridine rings is 1. The van der Waals surface area contributed by atoms with Crippen molar-refractivity contribution in [3.63, 3.8) is 0 Å². The highest BCUT2D eigenvalue weighted by molar-refractivity contribution is 6.46. The Labute approximate surface area is 210 Å². The van der Waals surface area contributed by atoms with Crippen LogP contribution in [0.4, 0.5) is 0 Å². The van der Waals surface area contributed by atoms with Crippen LogP contribution in [-0.2, 0) is 16.1 Å². The van der Waals surface area contributed by atoms with Gasteiger partial charge in [-0.1, -0.05) is 54.6 Å². The lowest BCUT2D eigenvalue weighted by atomic mass is 9.94. The number of Topliss-reactive ketones (excluding diaryl/α,β-unsaturated/α-hetero) is 1. The zero-order valence-electron chi connectivity index (χ0n) is 20.3. The minimum absolute atomic E-state index is 0.0231. The van der Waals surface area contributed by atoms with Crippen molar-refractivity contribution in [3.05, 3.63) is 107 Å². The summed E-state index contributed by atoms with van der Waals surface area (Å²) in [5.74, 6) is -0.672. The maximum atomic E-state index is 13.3. The number of benzene rings is 2. The maximum Gasteiger partial charge on any atom is 0.295 e. The molecule has 2 aromatic carbocycles. The number of amides is 1. The molecular formula is C29H28N2O5. The summed E-state index contributed by atoms with van der Waals surface area (Å²) in [7, 11) is 0. The van der Waals surface area contributed by atoms with Gasteiger partial charge in [0, 0.05) is 24.5 Å². The van der Waals surface area contributed by atoms with Crippen molar-refractivity contribution in [1.29, 1.82) is 0 Å². The van der Waals surface area contributed by atoms with Crippen LogP contribution in [0.2, 0.25) is 0 Å². The summed E-state index contributed by atoms with van der Waals surface area (Å²) in [4.78, 5) is 32.1. The minimum Gasteiger partial charge on any atom is -0.507 e. The van der Waals surface area contributed by atoms with Crippen LogP contribution in [-0.4, -0.2) is 39.9 Å². The Morgan fingerprint density at radius 1 is 1.11 bits per heavy atom. The van der Waals surface area contributed by atoms with E-state index in [1.165, 1.54) is 4.90 Å². The van der Waals surface area contributed by atoms with Gasteiger partial charge >= 0.3 is 0 Å². The third-order valence-corrected chi connectivity index (χ3v) is 5.88. The smallest absolute Gasteiger partial charge is 0.295 e. The molecule has 0 bridgehead atoms. The summed E-state index contributed by atoms with van der Waals surface area (Å²) in [6.45, 7) is 8.30. The predicted molar refractivity (Wildman–Crippen MR) is 137 cm³/mol. The molecule has 1 atom stereocenters. The van der Waals surface area contributed by atoms with Gasteiger partial charge in [-0.3, -0.25) is 14.6 Å². The van der Waals surface area contributed by atoms with Gasteiger partial charge in [0.2, 0.25) is 0 Å². The van der Waals surface area contributed by atoms with Gasteiger partial charge in [-0.05, 0) is 43.2 Å². The van der Waals surface area contributed by atoms with E-state index >= 15 is 0 Å². The SMILES string of the molecule is C=CCOc1ccc(C2/C(=C(\O)c3ccc(C)cc3)C(=O)C(=O)N2Cc2cccnc2)cc1OCC. The number of carbonyl (C=O) groups excluding carboxylic acids is 2. The van der Waals surface area contributed by atoms with Crippen LogP contribution in [0.25, 0.3) is 5.76 Å². The fourth-order valence-corrected chi connectivity index (χ4v) is 4.18. The van der Waals surface area contributed by atoms with Crippen LogP contribution >= 0.6 is 0 Å². The van der Waals surface area contributed by atoms with E-state index < -0.39 is 17.7 Å². The zero-order chi connectivity index (χ0) is 25.7.